The molecule has 7 heteroatoms. The predicted molar refractivity (Wildman–Crippen MR) is 79.9 cm³/mol. The molecule has 0 aliphatic carbocycles. The molecule has 1 heterocycles. The molecule has 1 aliphatic heterocycles. The van der Waals surface area contributed by atoms with Crippen molar-refractivity contribution in [3.8, 4) is 0 Å². The standard InChI is InChI=1S/C12H14Cl3N3O/c13-12(14,15)11(19)18-7-5-17(6-8-18)10-3-1-9(16)2-4-10/h1-4H,5-8,16H2. The first-order valence-electron chi connectivity index (χ1n) is 5.84. The summed E-state index contributed by atoms with van der Waals surface area (Å²) in [4.78, 5) is 15.5. The van der Waals surface area contributed by atoms with Crippen LogP contribution in [-0.4, -0.2) is 40.8 Å². The monoisotopic (exact) mass is 321 g/mol. The van der Waals surface area contributed by atoms with Crippen LogP contribution >= 0.6 is 34.8 Å². The summed E-state index contributed by atoms with van der Waals surface area (Å²) in [5, 5.41) is 0. The number of nitrogens with zero attached hydrogens (tertiary/aromatic N) is 2. The molecule has 1 amide bonds. The van der Waals surface area contributed by atoms with Crippen LogP contribution in [0, 0.1) is 0 Å². The van der Waals surface area contributed by atoms with Crippen LogP contribution in [0.4, 0.5) is 11.4 Å². The molecule has 0 unspecified atom stereocenters. The summed E-state index contributed by atoms with van der Waals surface area (Å²) in [5.41, 5.74) is 7.46. The zero-order chi connectivity index (χ0) is 14.0. The van der Waals surface area contributed by atoms with Crippen LogP contribution in [0.15, 0.2) is 24.3 Å². The highest BCUT2D eigenvalue weighted by Crippen LogP contribution is 2.29. The van der Waals surface area contributed by atoms with Crippen LogP contribution in [0.2, 0.25) is 0 Å². The van der Waals surface area contributed by atoms with Gasteiger partial charge in [-0.2, -0.15) is 0 Å². The van der Waals surface area contributed by atoms with E-state index in [-0.39, 0.29) is 0 Å². The Balaban J connectivity index is 1.96. The molecule has 4 nitrogen and oxygen atoms in total. The van der Waals surface area contributed by atoms with Gasteiger partial charge in [0, 0.05) is 37.6 Å². The second-order valence-corrected chi connectivity index (χ2v) is 6.65. The Morgan fingerprint density at radius 1 is 1.05 bits per heavy atom. The normalized spacial score (nSPS) is 16.6. The second kappa shape index (κ2) is 5.65. The molecule has 0 radical (unpaired) electrons. The Bertz CT molecular complexity index is 450. The van der Waals surface area contributed by atoms with Crippen molar-refractivity contribution in [1.29, 1.82) is 0 Å². The lowest BCUT2D eigenvalue weighted by Gasteiger charge is -2.37. The van der Waals surface area contributed by atoms with Gasteiger partial charge < -0.3 is 15.5 Å². The van der Waals surface area contributed by atoms with Gasteiger partial charge >= 0.3 is 0 Å². The van der Waals surface area contributed by atoms with E-state index in [2.05, 4.69) is 4.90 Å². The lowest BCUT2D eigenvalue weighted by Crippen LogP contribution is -2.51. The third kappa shape index (κ3) is 3.59. The third-order valence-corrected chi connectivity index (χ3v) is 3.55. The Kier molecular flexibility index (Phi) is 4.33. The van der Waals surface area contributed by atoms with Gasteiger partial charge in [0.25, 0.3) is 9.70 Å². The first-order valence-corrected chi connectivity index (χ1v) is 6.98. The van der Waals surface area contributed by atoms with Crippen molar-refractivity contribution in [2.24, 2.45) is 0 Å². The maximum atomic E-state index is 11.8. The topological polar surface area (TPSA) is 49.6 Å². The maximum absolute atomic E-state index is 11.8. The Labute approximate surface area is 127 Å². The number of benzene rings is 1. The van der Waals surface area contributed by atoms with E-state index in [0.29, 0.717) is 26.2 Å². The lowest BCUT2D eigenvalue weighted by atomic mass is 10.2. The highest BCUT2D eigenvalue weighted by molar-refractivity contribution is 6.76. The number of nitrogen functional groups attached to an aromatic ring is 1. The first-order chi connectivity index (χ1) is 8.88. The number of rotatable bonds is 1. The van der Waals surface area contributed by atoms with E-state index in [0.717, 1.165) is 11.4 Å². The number of hydrogen-bond acceptors (Lipinski definition) is 3. The minimum atomic E-state index is -1.87. The Hall–Kier alpha value is -0.840. The molecular formula is C12H14Cl3N3O. The number of carbonyl (C=O) groups excluding carboxylic acids is 1. The molecule has 2 rings (SSSR count). The highest BCUT2D eigenvalue weighted by atomic mass is 35.6. The summed E-state index contributed by atoms with van der Waals surface area (Å²) in [6.07, 6.45) is 0. The number of anilines is 2. The number of piperazine rings is 1. The average Bonchev–Trinajstić information content (AvgIpc) is 2.38. The third-order valence-electron chi connectivity index (χ3n) is 3.07. The van der Waals surface area contributed by atoms with Crippen LogP contribution in [0.5, 0.6) is 0 Å². The minimum absolute atomic E-state index is 0.463. The van der Waals surface area contributed by atoms with Gasteiger partial charge in [-0.05, 0) is 24.3 Å². The van der Waals surface area contributed by atoms with Crippen molar-refractivity contribution < 1.29 is 4.79 Å². The molecule has 0 bridgehead atoms. The number of nitrogens with two attached hydrogens (primary N) is 1. The zero-order valence-electron chi connectivity index (χ0n) is 10.2. The molecule has 1 aromatic carbocycles. The smallest absolute Gasteiger partial charge is 0.274 e. The fraction of sp³-hybridized carbons (Fsp3) is 0.417. The van der Waals surface area contributed by atoms with Crippen molar-refractivity contribution in [2.45, 2.75) is 3.79 Å². The molecule has 1 saturated heterocycles. The summed E-state index contributed by atoms with van der Waals surface area (Å²) in [6, 6.07) is 7.63. The SMILES string of the molecule is Nc1ccc(N2CCN(C(=O)C(Cl)(Cl)Cl)CC2)cc1. The summed E-state index contributed by atoms with van der Waals surface area (Å²) in [5.74, 6) is -0.463. The molecule has 1 fully saturated rings. The molecule has 19 heavy (non-hydrogen) atoms. The van der Waals surface area contributed by atoms with E-state index in [1.807, 2.05) is 24.3 Å². The maximum Gasteiger partial charge on any atom is 0.274 e. The van der Waals surface area contributed by atoms with Crippen LogP contribution in [0.3, 0.4) is 0 Å². The number of hydrogen-bond donors (Lipinski definition) is 1. The van der Waals surface area contributed by atoms with Crippen molar-refractivity contribution >= 4 is 52.1 Å². The minimum Gasteiger partial charge on any atom is -0.399 e. The summed E-state index contributed by atoms with van der Waals surface area (Å²) in [6.45, 7) is 2.49. The van der Waals surface area contributed by atoms with Crippen molar-refractivity contribution in [1.82, 2.24) is 4.90 Å². The molecule has 0 atom stereocenters. The van der Waals surface area contributed by atoms with E-state index in [9.17, 15) is 4.79 Å². The van der Waals surface area contributed by atoms with E-state index in [1.54, 1.807) is 4.90 Å². The van der Waals surface area contributed by atoms with Gasteiger partial charge in [-0.25, -0.2) is 0 Å². The number of amides is 1. The van der Waals surface area contributed by atoms with Crippen LogP contribution < -0.4 is 10.6 Å². The summed E-state index contributed by atoms with van der Waals surface area (Å²) >= 11 is 16.8. The fourth-order valence-corrected chi connectivity index (χ4v) is 2.39. The van der Waals surface area contributed by atoms with E-state index >= 15 is 0 Å². The molecule has 0 aromatic heterocycles. The van der Waals surface area contributed by atoms with E-state index in [4.69, 9.17) is 40.5 Å². The first kappa shape index (κ1) is 14.6. The van der Waals surface area contributed by atoms with Crippen molar-refractivity contribution in [3.63, 3.8) is 0 Å². The molecular weight excluding hydrogens is 309 g/mol. The number of alkyl halides is 3. The van der Waals surface area contributed by atoms with Crippen molar-refractivity contribution in [3.05, 3.63) is 24.3 Å². The second-order valence-electron chi connectivity index (χ2n) is 4.37. The van der Waals surface area contributed by atoms with E-state index in [1.165, 1.54) is 0 Å². The molecule has 104 valence electrons. The molecule has 2 N–H and O–H groups in total. The van der Waals surface area contributed by atoms with Gasteiger partial charge in [-0.15, -0.1) is 0 Å². The zero-order valence-corrected chi connectivity index (χ0v) is 12.4. The largest absolute Gasteiger partial charge is 0.399 e. The van der Waals surface area contributed by atoms with Gasteiger partial charge in [0.1, 0.15) is 0 Å². The van der Waals surface area contributed by atoms with Gasteiger partial charge in [-0.3, -0.25) is 4.79 Å². The molecule has 1 aliphatic rings. The van der Waals surface area contributed by atoms with Crippen LogP contribution in [-0.2, 0) is 4.79 Å². The number of carbonyl (C=O) groups is 1. The summed E-state index contributed by atoms with van der Waals surface area (Å²) in [7, 11) is 0. The fourth-order valence-electron chi connectivity index (χ4n) is 2.03. The Morgan fingerprint density at radius 2 is 1.58 bits per heavy atom. The Morgan fingerprint density at radius 3 is 2.05 bits per heavy atom. The lowest BCUT2D eigenvalue weighted by molar-refractivity contribution is -0.130. The van der Waals surface area contributed by atoms with Gasteiger partial charge in [0.05, 0.1) is 0 Å². The molecule has 0 spiro atoms. The summed E-state index contributed by atoms with van der Waals surface area (Å²) < 4.78 is -1.87. The van der Waals surface area contributed by atoms with Crippen LogP contribution in [0.25, 0.3) is 0 Å². The van der Waals surface area contributed by atoms with Crippen molar-refractivity contribution in [2.75, 3.05) is 36.8 Å². The molecule has 1 aromatic rings. The average molecular weight is 323 g/mol. The van der Waals surface area contributed by atoms with Gasteiger partial charge in [0.15, 0.2) is 0 Å². The quantitative estimate of drug-likeness (QED) is 0.637. The number of halogens is 3. The highest BCUT2D eigenvalue weighted by Gasteiger charge is 2.36. The van der Waals surface area contributed by atoms with Gasteiger partial charge in [0.2, 0.25) is 0 Å². The molecule has 0 saturated carbocycles. The predicted octanol–water partition coefficient (Wildman–Crippen LogP) is 2.29. The van der Waals surface area contributed by atoms with Gasteiger partial charge in [-0.1, -0.05) is 34.8 Å². The van der Waals surface area contributed by atoms with E-state index < -0.39 is 9.70 Å². The van der Waals surface area contributed by atoms with Crippen LogP contribution in [0.1, 0.15) is 0 Å².